The fourth-order valence-electron chi connectivity index (χ4n) is 3.45. The van der Waals surface area contributed by atoms with E-state index in [9.17, 15) is 14.7 Å². The van der Waals surface area contributed by atoms with Crippen LogP contribution in [0.1, 0.15) is 25.3 Å². The normalized spacial score (nSPS) is 21.3. The summed E-state index contributed by atoms with van der Waals surface area (Å²) >= 11 is 0. The van der Waals surface area contributed by atoms with Crippen LogP contribution in [0.4, 0.5) is 0 Å². The molecule has 0 spiro atoms. The number of piperidine rings is 1. The number of likely N-dealkylation sites (tertiary alicyclic amines) is 1. The van der Waals surface area contributed by atoms with Crippen LogP contribution in [0, 0.1) is 5.92 Å². The Bertz CT molecular complexity index is 740. The highest BCUT2D eigenvalue weighted by molar-refractivity contribution is 5.86. The van der Waals surface area contributed by atoms with Gasteiger partial charge in [0.1, 0.15) is 0 Å². The Morgan fingerprint density at radius 2 is 1.91 bits per heavy atom. The molecule has 120 valence electrons. The number of amides is 1. The maximum absolute atomic E-state index is 12.6. The lowest BCUT2D eigenvalue weighted by molar-refractivity contribution is -0.148. The monoisotopic (exact) mass is 311 g/mol. The van der Waals surface area contributed by atoms with Crippen LogP contribution in [0.15, 0.2) is 42.5 Å². The number of hydrogen-bond acceptors (Lipinski definition) is 2. The first-order chi connectivity index (χ1) is 11.1. The van der Waals surface area contributed by atoms with Gasteiger partial charge in [-0.25, -0.2) is 0 Å². The summed E-state index contributed by atoms with van der Waals surface area (Å²) < 4.78 is 0. The molecule has 0 unspecified atom stereocenters. The lowest BCUT2D eigenvalue weighted by atomic mass is 9.90. The summed E-state index contributed by atoms with van der Waals surface area (Å²) in [4.78, 5) is 25.6. The van der Waals surface area contributed by atoms with Crippen LogP contribution in [0.25, 0.3) is 10.8 Å². The molecule has 4 heteroatoms. The third kappa shape index (κ3) is 3.21. The van der Waals surface area contributed by atoms with E-state index in [1.54, 1.807) is 4.90 Å². The largest absolute Gasteiger partial charge is 0.481 e. The Balaban J connectivity index is 1.75. The zero-order chi connectivity index (χ0) is 16.4. The quantitative estimate of drug-likeness (QED) is 0.947. The Morgan fingerprint density at radius 1 is 1.17 bits per heavy atom. The molecule has 0 saturated carbocycles. The molecule has 23 heavy (non-hydrogen) atoms. The molecule has 3 rings (SSSR count). The molecule has 0 radical (unpaired) electrons. The van der Waals surface area contributed by atoms with Gasteiger partial charge in [-0.15, -0.1) is 0 Å². The zero-order valence-corrected chi connectivity index (χ0v) is 13.2. The second kappa shape index (κ2) is 6.41. The van der Waals surface area contributed by atoms with E-state index in [0.29, 0.717) is 19.4 Å². The first-order valence-electron chi connectivity index (χ1n) is 8.06. The number of aliphatic carboxylic acids is 1. The zero-order valence-electron chi connectivity index (χ0n) is 13.2. The van der Waals surface area contributed by atoms with Crippen molar-refractivity contribution >= 4 is 22.6 Å². The lowest BCUT2D eigenvalue weighted by Gasteiger charge is -2.37. The van der Waals surface area contributed by atoms with Crippen molar-refractivity contribution in [2.45, 2.75) is 32.2 Å². The molecule has 1 fully saturated rings. The van der Waals surface area contributed by atoms with Crippen molar-refractivity contribution in [3.05, 3.63) is 48.0 Å². The van der Waals surface area contributed by atoms with E-state index in [0.717, 1.165) is 22.8 Å². The van der Waals surface area contributed by atoms with E-state index in [1.165, 1.54) is 0 Å². The van der Waals surface area contributed by atoms with Gasteiger partial charge in [-0.1, -0.05) is 42.5 Å². The number of benzene rings is 2. The van der Waals surface area contributed by atoms with Gasteiger partial charge in [0.15, 0.2) is 0 Å². The molecular formula is C19H21NO3. The molecule has 1 amide bonds. The third-order valence-electron chi connectivity index (χ3n) is 4.79. The van der Waals surface area contributed by atoms with E-state index in [1.807, 2.05) is 49.4 Å². The fourth-order valence-corrected chi connectivity index (χ4v) is 3.45. The number of carbonyl (C=O) groups is 2. The van der Waals surface area contributed by atoms with Crippen LogP contribution < -0.4 is 0 Å². The van der Waals surface area contributed by atoms with Gasteiger partial charge in [0.2, 0.25) is 5.91 Å². The van der Waals surface area contributed by atoms with Crippen molar-refractivity contribution in [1.82, 2.24) is 4.90 Å². The van der Waals surface area contributed by atoms with Gasteiger partial charge < -0.3 is 10.0 Å². The number of carbonyl (C=O) groups excluding carboxylic acids is 1. The Labute approximate surface area is 135 Å². The molecule has 0 aliphatic carbocycles. The summed E-state index contributed by atoms with van der Waals surface area (Å²) in [5, 5.41) is 11.6. The number of carboxylic acids is 1. The van der Waals surface area contributed by atoms with Crippen molar-refractivity contribution in [2.75, 3.05) is 6.54 Å². The molecule has 4 nitrogen and oxygen atoms in total. The average Bonchev–Trinajstić information content (AvgIpc) is 2.54. The van der Waals surface area contributed by atoms with Crippen molar-refractivity contribution in [1.29, 1.82) is 0 Å². The highest BCUT2D eigenvalue weighted by Gasteiger charge is 2.35. The van der Waals surface area contributed by atoms with Crippen LogP contribution >= 0.6 is 0 Å². The number of carboxylic acid groups (broad SMARTS) is 1. The standard InChI is InChI=1S/C19H21NO3/c1-13-17(19(22)23)7-4-10-20(13)18(21)12-14-8-9-15-5-2-3-6-16(15)11-14/h2-3,5-6,8-9,11,13,17H,4,7,10,12H2,1H3,(H,22,23)/t13-,17-/m1/s1. The number of nitrogens with zero attached hydrogens (tertiary/aromatic N) is 1. The van der Waals surface area contributed by atoms with Gasteiger partial charge in [-0.2, -0.15) is 0 Å². The average molecular weight is 311 g/mol. The molecule has 1 aliphatic rings. The van der Waals surface area contributed by atoms with Crippen LogP contribution in [-0.4, -0.2) is 34.5 Å². The Hall–Kier alpha value is -2.36. The number of rotatable bonds is 3. The molecule has 1 saturated heterocycles. The molecule has 1 aliphatic heterocycles. The first-order valence-corrected chi connectivity index (χ1v) is 8.06. The SMILES string of the molecule is C[C@@H]1[C@H](C(=O)O)CCCN1C(=O)Cc1ccc2ccccc2c1. The van der Waals surface area contributed by atoms with Crippen LogP contribution in [0.5, 0.6) is 0 Å². The summed E-state index contributed by atoms with van der Waals surface area (Å²) in [6.07, 6.45) is 1.72. The van der Waals surface area contributed by atoms with Crippen LogP contribution in [0.3, 0.4) is 0 Å². The van der Waals surface area contributed by atoms with Gasteiger partial charge in [0.05, 0.1) is 12.3 Å². The van der Waals surface area contributed by atoms with Crippen molar-refractivity contribution in [3.63, 3.8) is 0 Å². The smallest absolute Gasteiger partial charge is 0.308 e. The van der Waals surface area contributed by atoms with Crippen molar-refractivity contribution in [3.8, 4) is 0 Å². The van der Waals surface area contributed by atoms with Gasteiger partial charge in [-0.05, 0) is 36.1 Å². The van der Waals surface area contributed by atoms with Gasteiger partial charge in [-0.3, -0.25) is 9.59 Å². The minimum atomic E-state index is -0.805. The van der Waals surface area contributed by atoms with Crippen LogP contribution in [0.2, 0.25) is 0 Å². The summed E-state index contributed by atoms with van der Waals surface area (Å²) in [6.45, 7) is 2.49. The van der Waals surface area contributed by atoms with Gasteiger partial charge in [0.25, 0.3) is 0 Å². The lowest BCUT2D eigenvalue weighted by Crippen LogP contribution is -2.49. The fraction of sp³-hybridized carbons (Fsp3) is 0.368. The van der Waals surface area contributed by atoms with Crippen molar-refractivity contribution in [2.24, 2.45) is 5.92 Å². The van der Waals surface area contributed by atoms with E-state index in [2.05, 4.69) is 0 Å². The minimum Gasteiger partial charge on any atom is -0.481 e. The first kappa shape index (κ1) is 15.5. The van der Waals surface area contributed by atoms with E-state index >= 15 is 0 Å². The maximum atomic E-state index is 12.6. The molecule has 1 N–H and O–H groups in total. The molecular weight excluding hydrogens is 290 g/mol. The second-order valence-corrected chi connectivity index (χ2v) is 6.27. The predicted molar refractivity (Wildman–Crippen MR) is 89.2 cm³/mol. The topological polar surface area (TPSA) is 57.6 Å². The van der Waals surface area contributed by atoms with Gasteiger partial charge >= 0.3 is 5.97 Å². The molecule has 0 bridgehead atoms. The van der Waals surface area contributed by atoms with E-state index in [4.69, 9.17) is 0 Å². The Kier molecular flexibility index (Phi) is 4.33. The maximum Gasteiger partial charge on any atom is 0.308 e. The summed E-state index contributed by atoms with van der Waals surface area (Å²) in [7, 11) is 0. The van der Waals surface area contributed by atoms with E-state index in [-0.39, 0.29) is 11.9 Å². The molecule has 2 aromatic carbocycles. The molecule has 1 heterocycles. The predicted octanol–water partition coefficient (Wildman–Crippen LogP) is 3.09. The molecule has 2 atom stereocenters. The Morgan fingerprint density at radius 3 is 2.65 bits per heavy atom. The molecule has 2 aromatic rings. The summed E-state index contributed by atoms with van der Waals surface area (Å²) in [5.41, 5.74) is 0.971. The third-order valence-corrected chi connectivity index (χ3v) is 4.79. The van der Waals surface area contributed by atoms with Crippen molar-refractivity contribution < 1.29 is 14.7 Å². The highest BCUT2D eigenvalue weighted by atomic mass is 16.4. The number of hydrogen-bond donors (Lipinski definition) is 1. The molecule has 0 aromatic heterocycles. The minimum absolute atomic E-state index is 0.0127. The summed E-state index contributed by atoms with van der Waals surface area (Å²) in [6, 6.07) is 13.9. The highest BCUT2D eigenvalue weighted by Crippen LogP contribution is 2.25. The number of fused-ring (bicyclic) bond motifs is 1. The van der Waals surface area contributed by atoms with E-state index < -0.39 is 11.9 Å². The van der Waals surface area contributed by atoms with Crippen LogP contribution in [-0.2, 0) is 16.0 Å². The summed E-state index contributed by atoms with van der Waals surface area (Å²) in [5.74, 6) is -1.25. The van der Waals surface area contributed by atoms with Gasteiger partial charge in [0, 0.05) is 12.6 Å². The second-order valence-electron chi connectivity index (χ2n) is 6.27.